The molecule has 4 rings (SSSR count). The van der Waals surface area contributed by atoms with Gasteiger partial charge in [-0.1, -0.05) is 42.0 Å². The van der Waals surface area contributed by atoms with Gasteiger partial charge in [-0.3, -0.25) is 4.68 Å². The van der Waals surface area contributed by atoms with Crippen LogP contribution in [0.5, 0.6) is 11.5 Å². The van der Waals surface area contributed by atoms with Crippen LogP contribution in [0.4, 0.5) is 0 Å². The molecule has 0 spiro atoms. The third-order valence-electron chi connectivity index (χ3n) is 4.41. The molecule has 2 aromatic carbocycles. The molecule has 0 bridgehead atoms. The van der Waals surface area contributed by atoms with Crippen LogP contribution in [0.3, 0.4) is 0 Å². The molecule has 0 aliphatic carbocycles. The molecule has 126 valence electrons. The molecule has 2 heterocycles. The number of fused-ring (bicyclic) bond motifs is 1. The monoisotopic (exact) mass is 332 g/mol. The van der Waals surface area contributed by atoms with Crippen molar-refractivity contribution in [1.82, 2.24) is 9.78 Å². The molecule has 0 N–H and O–H groups in total. The molecule has 0 fully saturated rings. The second kappa shape index (κ2) is 6.48. The highest BCUT2D eigenvalue weighted by Gasteiger charge is 2.21. The summed E-state index contributed by atoms with van der Waals surface area (Å²) < 4.78 is 13.0. The van der Waals surface area contributed by atoms with Crippen molar-refractivity contribution in [3.63, 3.8) is 0 Å². The number of nitrogens with zero attached hydrogens (tertiary/aromatic N) is 2. The maximum absolute atomic E-state index is 5.78. The van der Waals surface area contributed by atoms with Crippen LogP contribution in [0.1, 0.15) is 22.4 Å². The van der Waals surface area contributed by atoms with Crippen molar-refractivity contribution in [2.45, 2.75) is 13.5 Å². The van der Waals surface area contributed by atoms with Crippen LogP contribution < -0.4 is 9.47 Å². The third-order valence-corrected chi connectivity index (χ3v) is 4.41. The van der Waals surface area contributed by atoms with Crippen LogP contribution in [-0.2, 0) is 6.54 Å². The molecule has 0 radical (unpaired) electrons. The molecule has 0 atom stereocenters. The van der Waals surface area contributed by atoms with Gasteiger partial charge in [-0.05, 0) is 36.3 Å². The summed E-state index contributed by atoms with van der Waals surface area (Å²) in [5.74, 6) is 1.70. The van der Waals surface area contributed by atoms with Gasteiger partial charge in [0.15, 0.2) is 5.75 Å². The summed E-state index contributed by atoms with van der Waals surface area (Å²) in [5, 5.41) is 4.55. The first kappa shape index (κ1) is 15.5. The molecule has 1 aromatic heterocycles. The summed E-state index contributed by atoms with van der Waals surface area (Å²) in [6.07, 6.45) is 3.94. The zero-order valence-corrected chi connectivity index (χ0v) is 14.4. The molecular weight excluding hydrogens is 312 g/mol. The molecule has 3 aromatic rings. The van der Waals surface area contributed by atoms with E-state index in [2.05, 4.69) is 54.5 Å². The summed E-state index contributed by atoms with van der Waals surface area (Å²) in [6.45, 7) is 3.37. The van der Waals surface area contributed by atoms with Crippen molar-refractivity contribution >= 4 is 5.57 Å². The number of rotatable bonds is 4. The van der Waals surface area contributed by atoms with E-state index in [9.17, 15) is 0 Å². The van der Waals surface area contributed by atoms with Crippen molar-refractivity contribution in [2.24, 2.45) is 0 Å². The van der Waals surface area contributed by atoms with Gasteiger partial charge in [0.05, 0.1) is 19.9 Å². The lowest BCUT2D eigenvalue weighted by Gasteiger charge is -2.18. The lowest BCUT2D eigenvalue weighted by molar-refractivity contribution is 0.356. The Morgan fingerprint density at radius 1 is 1.16 bits per heavy atom. The number of aryl methyl sites for hydroxylation is 1. The molecule has 4 nitrogen and oxygen atoms in total. The maximum atomic E-state index is 5.78. The lowest BCUT2D eigenvalue weighted by Crippen LogP contribution is -2.11. The highest BCUT2D eigenvalue weighted by molar-refractivity contribution is 5.82. The van der Waals surface area contributed by atoms with Crippen LogP contribution in [0, 0.1) is 6.92 Å². The van der Waals surface area contributed by atoms with Gasteiger partial charge in [-0.2, -0.15) is 5.10 Å². The van der Waals surface area contributed by atoms with Crippen LogP contribution in [0.15, 0.2) is 60.8 Å². The van der Waals surface area contributed by atoms with E-state index in [1.807, 2.05) is 23.0 Å². The first-order chi connectivity index (χ1) is 12.2. The van der Waals surface area contributed by atoms with Crippen molar-refractivity contribution in [3.8, 4) is 11.5 Å². The predicted octanol–water partition coefficient (Wildman–Crippen LogP) is 4.07. The summed E-state index contributed by atoms with van der Waals surface area (Å²) in [5.41, 5.74) is 5.82. The van der Waals surface area contributed by atoms with E-state index in [1.165, 1.54) is 22.3 Å². The first-order valence-corrected chi connectivity index (χ1v) is 8.34. The number of methoxy groups -OCH3 is 1. The molecule has 1 aliphatic heterocycles. The SMILES string of the molecule is COc1ccc(Cn2ncc3c2C(c2cccc(C)c2)=CCO3)cc1. The second-order valence-electron chi connectivity index (χ2n) is 6.16. The maximum Gasteiger partial charge on any atom is 0.165 e. The fourth-order valence-electron chi connectivity index (χ4n) is 3.15. The minimum Gasteiger partial charge on any atom is -0.497 e. The van der Waals surface area contributed by atoms with Gasteiger partial charge in [0.25, 0.3) is 0 Å². The Bertz CT molecular complexity index is 923. The van der Waals surface area contributed by atoms with Crippen LogP contribution in [-0.4, -0.2) is 23.5 Å². The van der Waals surface area contributed by atoms with E-state index in [0.717, 1.165) is 17.2 Å². The Balaban J connectivity index is 1.70. The van der Waals surface area contributed by atoms with Crippen molar-refractivity contribution in [2.75, 3.05) is 13.7 Å². The van der Waals surface area contributed by atoms with E-state index >= 15 is 0 Å². The smallest absolute Gasteiger partial charge is 0.165 e. The third kappa shape index (κ3) is 3.03. The molecule has 1 aliphatic rings. The van der Waals surface area contributed by atoms with Gasteiger partial charge in [0.2, 0.25) is 0 Å². The fourth-order valence-corrected chi connectivity index (χ4v) is 3.15. The fraction of sp³-hybridized carbons (Fsp3) is 0.190. The lowest BCUT2D eigenvalue weighted by atomic mass is 9.99. The Morgan fingerprint density at radius 3 is 2.76 bits per heavy atom. The minimum atomic E-state index is 0.574. The average Bonchev–Trinajstić information content (AvgIpc) is 3.05. The Morgan fingerprint density at radius 2 is 2.00 bits per heavy atom. The number of ether oxygens (including phenoxy) is 2. The second-order valence-corrected chi connectivity index (χ2v) is 6.16. The summed E-state index contributed by atoms with van der Waals surface area (Å²) in [7, 11) is 1.68. The quantitative estimate of drug-likeness (QED) is 0.722. The number of benzene rings is 2. The predicted molar refractivity (Wildman–Crippen MR) is 98.1 cm³/mol. The Hall–Kier alpha value is -3.01. The van der Waals surface area contributed by atoms with E-state index in [4.69, 9.17) is 9.47 Å². The normalized spacial score (nSPS) is 13.0. The van der Waals surface area contributed by atoms with Crippen LogP contribution in [0.25, 0.3) is 5.57 Å². The molecule has 25 heavy (non-hydrogen) atoms. The van der Waals surface area contributed by atoms with Gasteiger partial charge in [-0.25, -0.2) is 0 Å². The zero-order valence-electron chi connectivity index (χ0n) is 14.4. The molecule has 0 saturated heterocycles. The summed E-state index contributed by atoms with van der Waals surface area (Å²) in [4.78, 5) is 0. The molecule has 0 unspecified atom stereocenters. The van der Waals surface area contributed by atoms with Crippen molar-refractivity contribution in [3.05, 3.63) is 83.2 Å². The Labute approximate surface area is 147 Å². The largest absolute Gasteiger partial charge is 0.497 e. The van der Waals surface area contributed by atoms with Gasteiger partial charge < -0.3 is 9.47 Å². The van der Waals surface area contributed by atoms with E-state index in [1.54, 1.807) is 7.11 Å². The minimum absolute atomic E-state index is 0.574. The zero-order chi connectivity index (χ0) is 17.2. The number of aromatic nitrogens is 2. The van der Waals surface area contributed by atoms with Crippen molar-refractivity contribution in [1.29, 1.82) is 0 Å². The van der Waals surface area contributed by atoms with E-state index < -0.39 is 0 Å². The van der Waals surface area contributed by atoms with Gasteiger partial charge in [-0.15, -0.1) is 0 Å². The standard InChI is InChI=1S/C21H20N2O2/c1-15-4-3-5-17(12-15)19-10-11-25-20-13-22-23(21(19)20)14-16-6-8-18(24-2)9-7-16/h3-10,12-13H,11,14H2,1-2H3. The highest BCUT2D eigenvalue weighted by Crippen LogP contribution is 2.34. The molecule has 0 amide bonds. The number of hydrogen-bond acceptors (Lipinski definition) is 3. The topological polar surface area (TPSA) is 36.3 Å². The summed E-state index contributed by atoms with van der Waals surface area (Å²) in [6, 6.07) is 16.6. The molecule has 0 saturated carbocycles. The van der Waals surface area contributed by atoms with Crippen LogP contribution in [0.2, 0.25) is 0 Å². The molecular formula is C21H20N2O2. The molecule has 4 heteroatoms. The van der Waals surface area contributed by atoms with Gasteiger partial charge >= 0.3 is 0 Å². The average molecular weight is 332 g/mol. The number of hydrogen-bond donors (Lipinski definition) is 0. The van der Waals surface area contributed by atoms with E-state index in [0.29, 0.717) is 13.2 Å². The summed E-state index contributed by atoms with van der Waals surface area (Å²) >= 11 is 0. The van der Waals surface area contributed by atoms with Crippen molar-refractivity contribution < 1.29 is 9.47 Å². The van der Waals surface area contributed by atoms with Crippen LogP contribution >= 0.6 is 0 Å². The Kier molecular flexibility index (Phi) is 4.02. The first-order valence-electron chi connectivity index (χ1n) is 8.34. The highest BCUT2D eigenvalue weighted by atomic mass is 16.5. The van der Waals surface area contributed by atoms with Gasteiger partial charge in [0, 0.05) is 5.57 Å². The van der Waals surface area contributed by atoms with E-state index in [-0.39, 0.29) is 0 Å². The van der Waals surface area contributed by atoms with Gasteiger partial charge in [0.1, 0.15) is 18.1 Å².